The Bertz CT molecular complexity index is 456. The molecule has 5 heteroatoms. The first-order chi connectivity index (χ1) is 8.79. The van der Waals surface area contributed by atoms with E-state index in [-0.39, 0.29) is 6.61 Å². The Morgan fingerprint density at radius 1 is 1.33 bits per heavy atom. The van der Waals surface area contributed by atoms with Gasteiger partial charge in [-0.1, -0.05) is 0 Å². The van der Waals surface area contributed by atoms with Gasteiger partial charge >= 0.3 is 0 Å². The standard InChI is InChI=1S/C13H17N3OS/c1-16(6-7-17)12-4-2-11(3-5-12)15-9-13-8-14-10-18-13/h2-5,8,10,15,17H,6-7,9H2,1H3. The summed E-state index contributed by atoms with van der Waals surface area (Å²) >= 11 is 1.65. The summed E-state index contributed by atoms with van der Waals surface area (Å²) in [5.41, 5.74) is 4.03. The predicted octanol–water partition coefficient (Wildman–Crippen LogP) is 2.18. The van der Waals surface area contributed by atoms with Crippen LogP contribution >= 0.6 is 11.3 Å². The lowest BCUT2D eigenvalue weighted by Crippen LogP contribution is -2.20. The minimum absolute atomic E-state index is 0.169. The minimum atomic E-state index is 0.169. The molecule has 18 heavy (non-hydrogen) atoms. The second kappa shape index (κ2) is 6.37. The van der Waals surface area contributed by atoms with Crippen molar-refractivity contribution in [2.24, 2.45) is 0 Å². The summed E-state index contributed by atoms with van der Waals surface area (Å²) in [6.07, 6.45) is 1.88. The zero-order valence-electron chi connectivity index (χ0n) is 10.3. The monoisotopic (exact) mass is 263 g/mol. The van der Waals surface area contributed by atoms with Crippen LogP contribution in [0.4, 0.5) is 11.4 Å². The van der Waals surface area contributed by atoms with E-state index in [2.05, 4.69) is 10.3 Å². The van der Waals surface area contributed by atoms with Gasteiger partial charge in [0, 0.05) is 36.0 Å². The Balaban J connectivity index is 1.91. The molecule has 0 spiro atoms. The van der Waals surface area contributed by atoms with Crippen LogP contribution in [-0.2, 0) is 6.54 Å². The van der Waals surface area contributed by atoms with E-state index in [0.29, 0.717) is 6.54 Å². The molecule has 2 N–H and O–H groups in total. The summed E-state index contributed by atoms with van der Waals surface area (Å²) in [4.78, 5) is 7.28. The smallest absolute Gasteiger partial charge is 0.0794 e. The van der Waals surface area contributed by atoms with Crippen LogP contribution in [0, 0.1) is 0 Å². The van der Waals surface area contributed by atoms with Crippen molar-refractivity contribution in [3.8, 4) is 0 Å². The number of likely N-dealkylation sites (N-methyl/N-ethyl adjacent to an activating group) is 1. The average molecular weight is 263 g/mol. The molecule has 4 nitrogen and oxygen atoms in total. The maximum absolute atomic E-state index is 8.88. The van der Waals surface area contributed by atoms with Crippen molar-refractivity contribution in [3.63, 3.8) is 0 Å². The molecule has 1 aromatic carbocycles. The molecule has 0 aliphatic heterocycles. The van der Waals surface area contributed by atoms with Gasteiger partial charge in [0.2, 0.25) is 0 Å². The summed E-state index contributed by atoms with van der Waals surface area (Å²) in [5.74, 6) is 0. The lowest BCUT2D eigenvalue weighted by molar-refractivity contribution is 0.304. The van der Waals surface area contributed by atoms with Crippen LogP contribution in [0.1, 0.15) is 4.88 Å². The number of aliphatic hydroxyl groups excluding tert-OH is 1. The van der Waals surface area contributed by atoms with E-state index in [1.54, 1.807) is 11.3 Å². The first kappa shape index (κ1) is 12.9. The van der Waals surface area contributed by atoms with Crippen LogP contribution in [0.3, 0.4) is 0 Å². The number of aliphatic hydroxyl groups is 1. The highest BCUT2D eigenvalue weighted by Gasteiger charge is 2.00. The Morgan fingerprint density at radius 2 is 2.11 bits per heavy atom. The van der Waals surface area contributed by atoms with Crippen molar-refractivity contribution in [2.75, 3.05) is 30.4 Å². The van der Waals surface area contributed by atoms with Crippen LogP contribution in [0.2, 0.25) is 0 Å². The highest BCUT2D eigenvalue weighted by Crippen LogP contribution is 2.17. The third kappa shape index (κ3) is 3.45. The molecule has 96 valence electrons. The first-order valence-corrected chi connectivity index (χ1v) is 6.71. The molecule has 0 saturated carbocycles. The van der Waals surface area contributed by atoms with E-state index in [4.69, 9.17) is 5.11 Å². The van der Waals surface area contributed by atoms with Crippen molar-refractivity contribution >= 4 is 22.7 Å². The predicted molar refractivity (Wildman–Crippen MR) is 76.2 cm³/mol. The number of anilines is 2. The molecule has 2 aromatic rings. The van der Waals surface area contributed by atoms with Crippen LogP contribution in [-0.4, -0.2) is 30.3 Å². The minimum Gasteiger partial charge on any atom is -0.395 e. The summed E-state index contributed by atoms with van der Waals surface area (Å²) in [5, 5.41) is 12.2. The van der Waals surface area contributed by atoms with E-state index >= 15 is 0 Å². The van der Waals surface area contributed by atoms with Gasteiger partial charge in [-0.2, -0.15) is 0 Å². The van der Waals surface area contributed by atoms with Gasteiger partial charge in [-0.3, -0.25) is 4.98 Å². The second-order valence-electron chi connectivity index (χ2n) is 4.01. The van der Waals surface area contributed by atoms with Gasteiger partial charge < -0.3 is 15.3 Å². The first-order valence-electron chi connectivity index (χ1n) is 5.83. The van der Waals surface area contributed by atoms with Crippen molar-refractivity contribution in [1.82, 2.24) is 4.98 Å². The van der Waals surface area contributed by atoms with E-state index in [0.717, 1.165) is 17.9 Å². The molecule has 0 saturated heterocycles. The normalized spacial score (nSPS) is 10.3. The Labute approximate surface area is 111 Å². The molecule has 0 bridgehead atoms. The third-order valence-electron chi connectivity index (χ3n) is 2.69. The van der Waals surface area contributed by atoms with Gasteiger partial charge in [-0.15, -0.1) is 11.3 Å². The number of hydrogen-bond acceptors (Lipinski definition) is 5. The number of aromatic nitrogens is 1. The number of nitrogens with zero attached hydrogens (tertiary/aromatic N) is 2. The molecule has 0 aliphatic rings. The van der Waals surface area contributed by atoms with Crippen molar-refractivity contribution in [2.45, 2.75) is 6.54 Å². The molecule has 0 fully saturated rings. The van der Waals surface area contributed by atoms with Gasteiger partial charge in [0.25, 0.3) is 0 Å². The third-order valence-corrected chi connectivity index (χ3v) is 3.47. The van der Waals surface area contributed by atoms with E-state index < -0.39 is 0 Å². The summed E-state index contributed by atoms with van der Waals surface area (Å²) in [6, 6.07) is 8.18. The van der Waals surface area contributed by atoms with Crippen LogP contribution < -0.4 is 10.2 Å². The largest absolute Gasteiger partial charge is 0.395 e. The van der Waals surface area contributed by atoms with Gasteiger partial charge in [-0.25, -0.2) is 0 Å². The highest BCUT2D eigenvalue weighted by molar-refractivity contribution is 7.09. The lowest BCUT2D eigenvalue weighted by atomic mass is 10.2. The quantitative estimate of drug-likeness (QED) is 0.838. The van der Waals surface area contributed by atoms with Crippen LogP contribution in [0.25, 0.3) is 0 Å². The molecule has 1 heterocycles. The molecular weight excluding hydrogens is 246 g/mol. The number of thiazole rings is 1. The van der Waals surface area contributed by atoms with E-state index in [1.165, 1.54) is 4.88 Å². The molecule has 0 amide bonds. The topological polar surface area (TPSA) is 48.4 Å². The Morgan fingerprint density at radius 3 is 2.72 bits per heavy atom. The second-order valence-corrected chi connectivity index (χ2v) is 4.98. The van der Waals surface area contributed by atoms with Crippen molar-refractivity contribution in [1.29, 1.82) is 0 Å². The maximum Gasteiger partial charge on any atom is 0.0794 e. The molecule has 0 atom stereocenters. The molecule has 0 aliphatic carbocycles. The van der Waals surface area contributed by atoms with Gasteiger partial charge in [0.05, 0.1) is 18.7 Å². The molecule has 1 aromatic heterocycles. The van der Waals surface area contributed by atoms with Crippen LogP contribution in [0.15, 0.2) is 36.0 Å². The molecular formula is C13H17N3OS. The average Bonchev–Trinajstić information content (AvgIpc) is 2.90. The number of nitrogens with one attached hydrogen (secondary N) is 1. The SMILES string of the molecule is CN(CCO)c1ccc(NCc2cncs2)cc1. The summed E-state index contributed by atoms with van der Waals surface area (Å²) in [6.45, 7) is 1.62. The summed E-state index contributed by atoms with van der Waals surface area (Å²) < 4.78 is 0. The Kier molecular flexibility index (Phi) is 4.55. The Hall–Kier alpha value is -1.59. The van der Waals surface area contributed by atoms with Crippen LogP contribution in [0.5, 0.6) is 0 Å². The number of hydrogen-bond donors (Lipinski definition) is 2. The molecule has 0 unspecified atom stereocenters. The number of benzene rings is 1. The van der Waals surface area contributed by atoms with E-state index in [1.807, 2.05) is 47.9 Å². The van der Waals surface area contributed by atoms with Gasteiger partial charge in [0.15, 0.2) is 0 Å². The van der Waals surface area contributed by atoms with E-state index in [9.17, 15) is 0 Å². The fraction of sp³-hybridized carbons (Fsp3) is 0.308. The summed E-state index contributed by atoms with van der Waals surface area (Å²) in [7, 11) is 1.97. The maximum atomic E-state index is 8.88. The van der Waals surface area contributed by atoms with Gasteiger partial charge in [-0.05, 0) is 24.3 Å². The van der Waals surface area contributed by atoms with Crippen molar-refractivity contribution in [3.05, 3.63) is 40.8 Å². The zero-order valence-corrected chi connectivity index (χ0v) is 11.2. The fourth-order valence-corrected chi connectivity index (χ4v) is 2.17. The lowest BCUT2D eigenvalue weighted by Gasteiger charge is -2.18. The zero-order chi connectivity index (χ0) is 12.8. The highest BCUT2D eigenvalue weighted by atomic mass is 32.1. The number of rotatable bonds is 6. The van der Waals surface area contributed by atoms with Gasteiger partial charge in [0.1, 0.15) is 0 Å². The molecule has 2 rings (SSSR count). The van der Waals surface area contributed by atoms with Crippen molar-refractivity contribution < 1.29 is 5.11 Å². The fourth-order valence-electron chi connectivity index (χ4n) is 1.63. The molecule has 0 radical (unpaired) electrons.